The molecule has 3 rings (SSSR count). The number of nitrogens with zero attached hydrogens (tertiary/aromatic N) is 3. The third-order valence-electron chi connectivity index (χ3n) is 3.20. The van der Waals surface area contributed by atoms with Gasteiger partial charge in [-0.15, -0.1) is 5.10 Å². The molecule has 0 bridgehead atoms. The number of carbonyl (C=O) groups is 1. The van der Waals surface area contributed by atoms with Gasteiger partial charge in [0.05, 0.1) is 11.4 Å². The fraction of sp³-hybridized carbons (Fsp3) is 0. The first-order valence-corrected chi connectivity index (χ1v) is 6.78. The number of benzene rings is 2. The van der Waals surface area contributed by atoms with Gasteiger partial charge >= 0.3 is 0 Å². The highest BCUT2D eigenvalue weighted by atomic mass is 19.1. The van der Waals surface area contributed by atoms with Crippen LogP contribution in [0, 0.1) is 11.6 Å². The number of aromatic nitrogens is 3. The van der Waals surface area contributed by atoms with Gasteiger partial charge in [0, 0.05) is 0 Å². The van der Waals surface area contributed by atoms with Crippen molar-refractivity contribution in [2.45, 2.75) is 0 Å². The molecule has 0 aliphatic rings. The second kappa shape index (κ2) is 6.31. The quantitative estimate of drug-likeness (QED) is 0.693. The Balaban J connectivity index is 2.02. The van der Waals surface area contributed by atoms with Crippen LogP contribution < -0.4 is 0 Å². The van der Waals surface area contributed by atoms with Crippen molar-refractivity contribution in [2.75, 3.05) is 0 Å². The summed E-state index contributed by atoms with van der Waals surface area (Å²) in [5.74, 6) is -0.749. The van der Waals surface area contributed by atoms with E-state index in [0.717, 1.165) is 5.56 Å². The van der Waals surface area contributed by atoms with Gasteiger partial charge in [0.25, 0.3) is 0 Å². The van der Waals surface area contributed by atoms with E-state index >= 15 is 0 Å². The summed E-state index contributed by atoms with van der Waals surface area (Å²) >= 11 is 0. The fourth-order valence-electron chi connectivity index (χ4n) is 2.09. The van der Waals surface area contributed by atoms with Gasteiger partial charge in [-0.25, -0.2) is 13.5 Å². The van der Waals surface area contributed by atoms with E-state index in [2.05, 4.69) is 10.3 Å². The number of halogens is 2. The molecule has 0 amide bonds. The molecule has 0 aliphatic carbocycles. The number of carbonyl (C=O) groups excluding carboxylic acids is 1. The zero-order valence-electron chi connectivity index (χ0n) is 11.9. The van der Waals surface area contributed by atoms with Crippen molar-refractivity contribution < 1.29 is 13.6 Å². The van der Waals surface area contributed by atoms with Crippen molar-refractivity contribution >= 4 is 18.4 Å². The molecule has 0 fully saturated rings. The van der Waals surface area contributed by atoms with Crippen molar-refractivity contribution in [1.29, 1.82) is 0 Å². The van der Waals surface area contributed by atoms with E-state index in [-0.39, 0.29) is 11.5 Å². The highest BCUT2D eigenvalue weighted by Gasteiger charge is 2.11. The molecule has 0 atom stereocenters. The van der Waals surface area contributed by atoms with E-state index in [1.165, 1.54) is 28.9 Å². The summed E-state index contributed by atoms with van der Waals surface area (Å²) in [6, 6.07) is 11.7. The van der Waals surface area contributed by atoms with Crippen LogP contribution in [0.4, 0.5) is 8.78 Å². The highest BCUT2D eigenvalue weighted by molar-refractivity contribution is 5.81. The van der Waals surface area contributed by atoms with Crippen LogP contribution in [0.5, 0.6) is 0 Å². The van der Waals surface area contributed by atoms with E-state index in [1.807, 2.05) is 0 Å². The van der Waals surface area contributed by atoms with Crippen molar-refractivity contribution in [3.63, 3.8) is 0 Å². The average molecular weight is 311 g/mol. The summed E-state index contributed by atoms with van der Waals surface area (Å²) < 4.78 is 27.7. The summed E-state index contributed by atoms with van der Waals surface area (Å²) in [5.41, 5.74) is 1.74. The zero-order valence-corrected chi connectivity index (χ0v) is 11.9. The monoisotopic (exact) mass is 311 g/mol. The maximum Gasteiger partial charge on any atom is 0.172 e. The molecule has 1 aromatic heterocycles. The molecular formula is C17H11F2N3O. The van der Waals surface area contributed by atoms with Crippen LogP contribution in [0.25, 0.3) is 17.8 Å². The largest absolute Gasteiger partial charge is 0.296 e. The molecule has 0 saturated heterocycles. The summed E-state index contributed by atoms with van der Waals surface area (Å²) in [6.07, 6.45) is 3.90. The molecule has 0 saturated carbocycles. The van der Waals surface area contributed by atoms with Crippen molar-refractivity contribution in [2.24, 2.45) is 0 Å². The van der Waals surface area contributed by atoms with Crippen molar-refractivity contribution in [3.05, 3.63) is 77.1 Å². The van der Waals surface area contributed by atoms with Gasteiger partial charge in [-0.2, -0.15) is 0 Å². The molecule has 4 nitrogen and oxygen atoms in total. The van der Waals surface area contributed by atoms with Crippen LogP contribution in [-0.2, 0) is 0 Å². The molecule has 0 radical (unpaired) electrons. The minimum absolute atomic E-state index is 0.132. The average Bonchev–Trinajstić information content (AvgIpc) is 2.97. The van der Waals surface area contributed by atoms with Crippen molar-refractivity contribution in [1.82, 2.24) is 15.0 Å². The first-order valence-electron chi connectivity index (χ1n) is 6.78. The van der Waals surface area contributed by atoms with Crippen LogP contribution in [-0.4, -0.2) is 21.3 Å². The van der Waals surface area contributed by atoms with Crippen LogP contribution in [0.2, 0.25) is 0 Å². The Labute approximate surface area is 130 Å². The third-order valence-corrected chi connectivity index (χ3v) is 3.20. The first kappa shape index (κ1) is 14.8. The molecule has 114 valence electrons. The summed E-state index contributed by atoms with van der Waals surface area (Å²) in [5, 5.41) is 7.66. The number of hydrogen-bond donors (Lipinski definition) is 0. The van der Waals surface area contributed by atoms with Crippen molar-refractivity contribution in [3.8, 4) is 5.69 Å². The molecule has 1 heterocycles. The van der Waals surface area contributed by atoms with Gasteiger partial charge in [-0.3, -0.25) is 4.79 Å². The molecule has 2 aromatic carbocycles. The third kappa shape index (κ3) is 3.21. The number of rotatable bonds is 4. The maximum absolute atomic E-state index is 13.4. The lowest BCUT2D eigenvalue weighted by molar-refractivity contribution is 0.111. The highest BCUT2D eigenvalue weighted by Crippen LogP contribution is 2.16. The zero-order chi connectivity index (χ0) is 16.2. The predicted molar refractivity (Wildman–Crippen MR) is 82.0 cm³/mol. The van der Waals surface area contributed by atoms with Crippen LogP contribution in [0.15, 0.2) is 48.5 Å². The van der Waals surface area contributed by atoms with E-state index in [1.54, 1.807) is 36.4 Å². The molecule has 6 heteroatoms. The summed E-state index contributed by atoms with van der Waals surface area (Å²) in [6.45, 7) is 0. The Morgan fingerprint density at radius 3 is 2.43 bits per heavy atom. The SMILES string of the molecule is O=Cc1nnn(-c2cccc(F)c2)c1/C=C/c1ccc(F)cc1. The first-order chi connectivity index (χ1) is 11.2. The minimum atomic E-state index is -0.417. The van der Waals surface area contributed by atoms with Gasteiger partial charge in [-0.05, 0) is 42.0 Å². The normalized spacial score (nSPS) is 11.0. The molecule has 0 N–H and O–H groups in total. The Kier molecular flexibility index (Phi) is 4.05. The Bertz CT molecular complexity index is 870. The van der Waals surface area contributed by atoms with Crippen LogP contribution >= 0.6 is 0 Å². The van der Waals surface area contributed by atoms with E-state index < -0.39 is 5.82 Å². The number of aldehydes is 1. The minimum Gasteiger partial charge on any atom is -0.296 e. The van der Waals surface area contributed by atoms with Gasteiger partial charge in [0.2, 0.25) is 0 Å². The molecule has 23 heavy (non-hydrogen) atoms. The van der Waals surface area contributed by atoms with E-state index in [4.69, 9.17) is 0 Å². The maximum atomic E-state index is 13.4. The van der Waals surface area contributed by atoms with Gasteiger partial charge in [-0.1, -0.05) is 29.5 Å². The molecule has 0 spiro atoms. The topological polar surface area (TPSA) is 47.8 Å². The summed E-state index contributed by atoms with van der Waals surface area (Å²) in [7, 11) is 0. The molecule has 3 aromatic rings. The smallest absolute Gasteiger partial charge is 0.172 e. The second-order valence-electron chi connectivity index (χ2n) is 4.75. The lowest BCUT2D eigenvalue weighted by Crippen LogP contribution is -2.00. The van der Waals surface area contributed by atoms with Crippen LogP contribution in [0.3, 0.4) is 0 Å². The summed E-state index contributed by atoms with van der Waals surface area (Å²) in [4.78, 5) is 11.1. The molecular weight excluding hydrogens is 300 g/mol. The van der Waals surface area contributed by atoms with Gasteiger partial charge in [0.1, 0.15) is 11.6 Å². The lowest BCUT2D eigenvalue weighted by atomic mass is 10.2. The molecule has 0 aliphatic heterocycles. The number of hydrogen-bond acceptors (Lipinski definition) is 3. The second-order valence-corrected chi connectivity index (χ2v) is 4.75. The Hall–Kier alpha value is -3.15. The van der Waals surface area contributed by atoms with Crippen LogP contribution in [0.1, 0.15) is 21.7 Å². The predicted octanol–water partition coefficient (Wildman–Crippen LogP) is 3.53. The van der Waals surface area contributed by atoms with E-state index in [0.29, 0.717) is 17.7 Å². The fourth-order valence-corrected chi connectivity index (χ4v) is 2.09. The van der Waals surface area contributed by atoms with Gasteiger partial charge in [0.15, 0.2) is 12.0 Å². The lowest BCUT2D eigenvalue weighted by Gasteiger charge is -2.03. The Morgan fingerprint density at radius 2 is 1.74 bits per heavy atom. The Morgan fingerprint density at radius 1 is 0.957 bits per heavy atom. The van der Waals surface area contributed by atoms with Gasteiger partial charge < -0.3 is 0 Å². The molecule has 0 unspecified atom stereocenters. The standard InChI is InChI=1S/C17H11F2N3O/c18-13-7-4-12(5-8-13)6-9-17-16(11-23)20-21-22(17)15-3-1-2-14(19)10-15/h1-11H/b9-6+. The van der Waals surface area contributed by atoms with E-state index in [9.17, 15) is 13.6 Å².